The lowest BCUT2D eigenvalue weighted by Crippen LogP contribution is -2.21. The molecular weight excluding hydrogens is 310 g/mol. The Labute approximate surface area is 149 Å². The highest BCUT2D eigenvalue weighted by Crippen LogP contribution is 2.30. The quantitative estimate of drug-likeness (QED) is 0.735. The van der Waals surface area contributed by atoms with Crippen molar-refractivity contribution in [2.45, 2.75) is 26.8 Å². The third-order valence-electron chi connectivity index (χ3n) is 4.85. The number of hydrogen-bond donors (Lipinski definition) is 0. The molecule has 2 aromatic rings. The summed E-state index contributed by atoms with van der Waals surface area (Å²) in [5.74, 6) is 0.929. The fraction of sp³-hybridized carbons (Fsp3) is 0.318. The summed E-state index contributed by atoms with van der Waals surface area (Å²) in [6.07, 6.45) is 2.68. The molecule has 0 saturated heterocycles. The molecule has 0 radical (unpaired) electrons. The molecule has 0 atom stereocenters. The topological polar surface area (TPSA) is 29.5 Å². The van der Waals surface area contributed by atoms with Crippen molar-refractivity contribution in [2.24, 2.45) is 0 Å². The highest BCUT2D eigenvalue weighted by Gasteiger charge is 2.24. The SMILES string of the molecule is CCN(CC)Cc1ccc(/C=C2\Cc3cc(OC)ccc3C2=O)cc1. The molecular formula is C22H25NO2. The van der Waals surface area contributed by atoms with Crippen LogP contribution in [0.15, 0.2) is 48.0 Å². The number of nitrogens with zero attached hydrogens (tertiary/aromatic N) is 1. The van der Waals surface area contributed by atoms with Crippen molar-refractivity contribution in [1.29, 1.82) is 0 Å². The smallest absolute Gasteiger partial charge is 0.189 e. The maximum Gasteiger partial charge on any atom is 0.189 e. The van der Waals surface area contributed by atoms with Gasteiger partial charge in [0.05, 0.1) is 7.11 Å². The van der Waals surface area contributed by atoms with Gasteiger partial charge in [-0.1, -0.05) is 38.1 Å². The van der Waals surface area contributed by atoms with Crippen molar-refractivity contribution in [3.63, 3.8) is 0 Å². The number of fused-ring (bicyclic) bond motifs is 1. The van der Waals surface area contributed by atoms with Gasteiger partial charge in [-0.15, -0.1) is 0 Å². The van der Waals surface area contributed by atoms with E-state index in [-0.39, 0.29) is 5.78 Å². The zero-order valence-corrected chi connectivity index (χ0v) is 15.2. The summed E-state index contributed by atoms with van der Waals surface area (Å²) in [4.78, 5) is 15.0. The number of carbonyl (C=O) groups is 1. The molecule has 3 nitrogen and oxygen atoms in total. The Morgan fingerprint density at radius 2 is 1.80 bits per heavy atom. The molecule has 0 bridgehead atoms. The molecule has 0 fully saturated rings. The van der Waals surface area contributed by atoms with Crippen molar-refractivity contribution in [1.82, 2.24) is 4.90 Å². The normalized spacial score (nSPS) is 15.0. The predicted octanol–water partition coefficient (Wildman–Crippen LogP) is 4.36. The number of allylic oxidation sites excluding steroid dienone is 1. The lowest BCUT2D eigenvalue weighted by molar-refractivity contribution is 0.104. The highest BCUT2D eigenvalue weighted by molar-refractivity contribution is 6.15. The molecule has 1 aliphatic rings. The molecule has 0 aromatic heterocycles. The zero-order valence-electron chi connectivity index (χ0n) is 15.2. The van der Waals surface area contributed by atoms with Crippen LogP contribution in [0.3, 0.4) is 0 Å². The molecule has 3 heteroatoms. The number of hydrogen-bond acceptors (Lipinski definition) is 3. The largest absolute Gasteiger partial charge is 0.497 e. The van der Waals surface area contributed by atoms with E-state index >= 15 is 0 Å². The van der Waals surface area contributed by atoms with Crippen LogP contribution in [0.2, 0.25) is 0 Å². The van der Waals surface area contributed by atoms with Crippen LogP contribution in [-0.2, 0) is 13.0 Å². The van der Waals surface area contributed by atoms with Crippen LogP contribution in [0.25, 0.3) is 6.08 Å². The van der Waals surface area contributed by atoms with Crippen LogP contribution >= 0.6 is 0 Å². The van der Waals surface area contributed by atoms with Gasteiger partial charge in [-0.2, -0.15) is 0 Å². The van der Waals surface area contributed by atoms with Gasteiger partial charge in [0.25, 0.3) is 0 Å². The molecule has 2 aromatic carbocycles. The third kappa shape index (κ3) is 3.83. The van der Waals surface area contributed by atoms with Gasteiger partial charge >= 0.3 is 0 Å². The summed E-state index contributed by atoms with van der Waals surface area (Å²) in [7, 11) is 1.65. The van der Waals surface area contributed by atoms with Crippen molar-refractivity contribution in [2.75, 3.05) is 20.2 Å². The van der Waals surface area contributed by atoms with Crippen LogP contribution in [0, 0.1) is 0 Å². The van der Waals surface area contributed by atoms with Crippen LogP contribution in [0.5, 0.6) is 5.75 Å². The van der Waals surface area contributed by atoms with E-state index < -0.39 is 0 Å². The Morgan fingerprint density at radius 1 is 1.08 bits per heavy atom. The van der Waals surface area contributed by atoms with Crippen LogP contribution < -0.4 is 4.74 Å². The molecule has 0 aliphatic heterocycles. The molecule has 0 saturated carbocycles. The molecule has 25 heavy (non-hydrogen) atoms. The van der Waals surface area contributed by atoms with Crippen LogP contribution in [0.4, 0.5) is 0 Å². The lowest BCUT2D eigenvalue weighted by Gasteiger charge is -2.17. The Kier molecular flexibility index (Phi) is 5.34. The second kappa shape index (κ2) is 7.66. The first-order valence-corrected chi connectivity index (χ1v) is 8.88. The Balaban J connectivity index is 1.76. The Morgan fingerprint density at radius 3 is 2.44 bits per heavy atom. The Bertz CT molecular complexity index is 786. The number of benzene rings is 2. The fourth-order valence-corrected chi connectivity index (χ4v) is 3.27. The molecule has 1 aliphatic carbocycles. The van der Waals surface area contributed by atoms with Crippen molar-refractivity contribution in [3.8, 4) is 5.75 Å². The highest BCUT2D eigenvalue weighted by atomic mass is 16.5. The second-order valence-electron chi connectivity index (χ2n) is 6.40. The third-order valence-corrected chi connectivity index (χ3v) is 4.85. The predicted molar refractivity (Wildman–Crippen MR) is 102 cm³/mol. The zero-order chi connectivity index (χ0) is 17.8. The van der Waals surface area contributed by atoms with E-state index in [9.17, 15) is 4.79 Å². The molecule has 3 rings (SSSR count). The molecule has 0 amide bonds. The van der Waals surface area contributed by atoms with Gasteiger partial charge in [0.1, 0.15) is 5.75 Å². The lowest BCUT2D eigenvalue weighted by atomic mass is 10.1. The number of ketones is 1. The Hall–Kier alpha value is -2.39. The second-order valence-corrected chi connectivity index (χ2v) is 6.40. The van der Waals surface area contributed by atoms with Gasteiger partial charge in [0.15, 0.2) is 5.78 Å². The monoisotopic (exact) mass is 335 g/mol. The summed E-state index contributed by atoms with van der Waals surface area (Å²) in [6.45, 7) is 7.44. The number of ether oxygens (including phenoxy) is 1. The minimum absolute atomic E-state index is 0.130. The van der Waals surface area contributed by atoms with Gasteiger partial charge < -0.3 is 4.74 Å². The van der Waals surface area contributed by atoms with E-state index in [2.05, 4.69) is 43.0 Å². The van der Waals surface area contributed by atoms with E-state index in [0.717, 1.165) is 47.6 Å². The molecule has 130 valence electrons. The number of carbonyl (C=O) groups excluding carboxylic acids is 1. The molecule has 0 spiro atoms. The number of rotatable bonds is 6. The van der Waals surface area contributed by atoms with E-state index in [1.165, 1.54) is 5.56 Å². The maximum absolute atomic E-state index is 12.6. The van der Waals surface area contributed by atoms with Gasteiger partial charge in [-0.25, -0.2) is 0 Å². The van der Waals surface area contributed by atoms with Gasteiger partial charge in [0, 0.05) is 24.1 Å². The standard InChI is InChI=1S/C22H25NO2/c1-4-23(5-2)15-17-8-6-16(7-9-17)12-19-13-18-14-20(25-3)10-11-21(18)22(19)24/h6-12,14H,4-5,13,15H2,1-3H3/b19-12+. The first-order chi connectivity index (χ1) is 12.1. The first-order valence-electron chi connectivity index (χ1n) is 8.88. The summed E-state index contributed by atoms with van der Waals surface area (Å²) in [5, 5.41) is 0. The molecule has 0 heterocycles. The minimum Gasteiger partial charge on any atom is -0.497 e. The summed E-state index contributed by atoms with van der Waals surface area (Å²) in [6, 6.07) is 14.2. The number of Topliss-reactive ketones (excluding diaryl/α,β-unsaturated/α-hetero) is 1. The number of methoxy groups -OCH3 is 1. The van der Waals surface area contributed by atoms with E-state index in [1.54, 1.807) is 7.11 Å². The molecule has 0 unspecified atom stereocenters. The summed E-state index contributed by atoms with van der Waals surface area (Å²) >= 11 is 0. The maximum atomic E-state index is 12.6. The average Bonchev–Trinajstić information content (AvgIpc) is 2.96. The van der Waals surface area contributed by atoms with Gasteiger partial charge in [0.2, 0.25) is 0 Å². The summed E-state index contributed by atoms with van der Waals surface area (Å²) < 4.78 is 5.26. The van der Waals surface area contributed by atoms with Crippen molar-refractivity contribution in [3.05, 3.63) is 70.3 Å². The van der Waals surface area contributed by atoms with E-state index in [1.807, 2.05) is 24.3 Å². The van der Waals surface area contributed by atoms with Gasteiger partial charge in [-0.05, 0) is 54.1 Å². The van der Waals surface area contributed by atoms with Crippen LogP contribution in [0.1, 0.15) is 40.9 Å². The summed E-state index contributed by atoms with van der Waals surface area (Å²) in [5.41, 5.74) is 5.07. The first kappa shape index (κ1) is 17.4. The van der Waals surface area contributed by atoms with Gasteiger partial charge in [-0.3, -0.25) is 9.69 Å². The van der Waals surface area contributed by atoms with E-state index in [0.29, 0.717) is 6.42 Å². The van der Waals surface area contributed by atoms with E-state index in [4.69, 9.17) is 4.74 Å². The fourth-order valence-electron chi connectivity index (χ4n) is 3.27. The van der Waals surface area contributed by atoms with Crippen LogP contribution in [-0.4, -0.2) is 30.9 Å². The minimum atomic E-state index is 0.130. The average molecular weight is 335 g/mol. The van der Waals surface area contributed by atoms with Crippen molar-refractivity contribution >= 4 is 11.9 Å². The molecule has 0 N–H and O–H groups in total. The van der Waals surface area contributed by atoms with Crippen molar-refractivity contribution < 1.29 is 9.53 Å².